The van der Waals surface area contributed by atoms with Crippen molar-refractivity contribution < 1.29 is 9.53 Å². The summed E-state index contributed by atoms with van der Waals surface area (Å²) in [6, 6.07) is 7.89. The maximum atomic E-state index is 12.3. The molecule has 2 rings (SSSR count). The van der Waals surface area contributed by atoms with Crippen LogP contribution in [0.25, 0.3) is 0 Å². The Morgan fingerprint density at radius 3 is 2.54 bits per heavy atom. The van der Waals surface area contributed by atoms with Crippen molar-refractivity contribution in [1.29, 1.82) is 0 Å². The average Bonchev–Trinajstić information content (AvgIpc) is 2.61. The highest BCUT2D eigenvalue weighted by molar-refractivity contribution is 5.97. The van der Waals surface area contributed by atoms with Crippen LogP contribution in [0.3, 0.4) is 0 Å². The fraction of sp³-hybridized carbons (Fsp3) is 0.667. The predicted molar refractivity (Wildman–Crippen MR) is 99.7 cm³/mol. The first-order valence-corrected chi connectivity index (χ1v) is 9.46. The van der Waals surface area contributed by atoms with E-state index in [0.29, 0.717) is 6.42 Å². The zero-order valence-electron chi connectivity index (χ0n) is 15.6. The topological polar surface area (TPSA) is 29.5 Å². The molecule has 134 valence electrons. The number of Topliss-reactive ketones (excluding diaryl/α,β-unsaturated/α-hetero) is 1. The van der Waals surface area contributed by atoms with Crippen LogP contribution in [0.15, 0.2) is 24.3 Å². The van der Waals surface area contributed by atoms with Crippen LogP contribution in [-0.4, -0.2) is 43.0 Å². The molecular weight excluding hydrogens is 298 g/mol. The number of piperidine rings is 1. The number of aryl methyl sites for hydroxylation is 1. The SMILES string of the molecule is CCCCC1(OC)CCN(CCCC(=O)c2ccccc2C)CC1. The number of likely N-dealkylation sites (tertiary alicyclic amines) is 1. The van der Waals surface area contributed by atoms with Gasteiger partial charge in [0.05, 0.1) is 5.60 Å². The Morgan fingerprint density at radius 1 is 1.21 bits per heavy atom. The van der Waals surface area contributed by atoms with Crippen LogP contribution in [0.5, 0.6) is 0 Å². The number of benzene rings is 1. The fourth-order valence-corrected chi connectivity index (χ4v) is 3.72. The van der Waals surface area contributed by atoms with Gasteiger partial charge in [0.15, 0.2) is 5.78 Å². The van der Waals surface area contributed by atoms with Crippen LogP contribution in [0.2, 0.25) is 0 Å². The third-order valence-electron chi connectivity index (χ3n) is 5.51. The van der Waals surface area contributed by atoms with E-state index >= 15 is 0 Å². The summed E-state index contributed by atoms with van der Waals surface area (Å²) in [5.41, 5.74) is 2.07. The van der Waals surface area contributed by atoms with E-state index in [1.54, 1.807) is 0 Å². The van der Waals surface area contributed by atoms with E-state index in [9.17, 15) is 4.79 Å². The van der Waals surface area contributed by atoms with Gasteiger partial charge in [0, 0.05) is 32.2 Å². The van der Waals surface area contributed by atoms with Gasteiger partial charge in [-0.25, -0.2) is 0 Å². The molecule has 0 aliphatic carbocycles. The highest BCUT2D eigenvalue weighted by Gasteiger charge is 2.33. The first kappa shape index (κ1) is 19.1. The highest BCUT2D eigenvalue weighted by Crippen LogP contribution is 2.31. The minimum absolute atomic E-state index is 0.101. The number of unbranched alkanes of at least 4 members (excludes halogenated alkanes) is 1. The van der Waals surface area contributed by atoms with Crippen LogP contribution < -0.4 is 0 Å². The van der Waals surface area contributed by atoms with Crippen molar-refractivity contribution in [3.63, 3.8) is 0 Å². The van der Waals surface area contributed by atoms with Gasteiger partial charge < -0.3 is 9.64 Å². The summed E-state index contributed by atoms with van der Waals surface area (Å²) in [4.78, 5) is 14.8. The Bertz CT molecular complexity index is 518. The van der Waals surface area contributed by atoms with E-state index in [1.807, 2.05) is 38.3 Å². The van der Waals surface area contributed by atoms with Crippen molar-refractivity contribution >= 4 is 5.78 Å². The molecule has 0 atom stereocenters. The summed E-state index contributed by atoms with van der Waals surface area (Å²) in [7, 11) is 1.87. The molecule has 0 spiro atoms. The molecule has 0 saturated carbocycles. The molecule has 3 heteroatoms. The third kappa shape index (κ3) is 5.15. The molecule has 1 aromatic carbocycles. The molecule has 0 bridgehead atoms. The summed E-state index contributed by atoms with van der Waals surface area (Å²) in [5, 5.41) is 0. The van der Waals surface area contributed by atoms with Crippen molar-refractivity contribution in [2.24, 2.45) is 0 Å². The van der Waals surface area contributed by atoms with Crippen molar-refractivity contribution in [2.75, 3.05) is 26.7 Å². The van der Waals surface area contributed by atoms with Gasteiger partial charge in [-0.2, -0.15) is 0 Å². The first-order chi connectivity index (χ1) is 11.6. The molecule has 0 radical (unpaired) electrons. The predicted octanol–water partition coefficient (Wildman–Crippen LogP) is 4.63. The van der Waals surface area contributed by atoms with Crippen molar-refractivity contribution in [1.82, 2.24) is 4.90 Å². The Hall–Kier alpha value is -1.19. The van der Waals surface area contributed by atoms with Crippen molar-refractivity contribution in [3.8, 4) is 0 Å². The molecule has 0 amide bonds. The molecule has 1 fully saturated rings. The molecule has 3 nitrogen and oxygen atoms in total. The van der Waals surface area contributed by atoms with Crippen LogP contribution in [-0.2, 0) is 4.74 Å². The number of rotatable bonds is 9. The Morgan fingerprint density at radius 2 is 1.92 bits per heavy atom. The van der Waals surface area contributed by atoms with E-state index in [1.165, 1.54) is 19.3 Å². The summed E-state index contributed by atoms with van der Waals surface area (Å²) in [6.45, 7) is 7.46. The zero-order valence-corrected chi connectivity index (χ0v) is 15.6. The number of hydrogen-bond acceptors (Lipinski definition) is 3. The lowest BCUT2D eigenvalue weighted by molar-refractivity contribution is -0.0638. The van der Waals surface area contributed by atoms with Crippen molar-refractivity contribution in [2.45, 2.75) is 64.4 Å². The summed E-state index contributed by atoms with van der Waals surface area (Å²) in [5.74, 6) is 0.277. The molecule has 1 saturated heterocycles. The van der Waals surface area contributed by atoms with E-state index in [2.05, 4.69) is 11.8 Å². The minimum Gasteiger partial charge on any atom is -0.378 e. The summed E-state index contributed by atoms with van der Waals surface area (Å²) in [6.07, 6.45) is 7.49. The number of ketones is 1. The summed E-state index contributed by atoms with van der Waals surface area (Å²) >= 11 is 0. The van der Waals surface area contributed by atoms with E-state index in [0.717, 1.165) is 50.0 Å². The Balaban J connectivity index is 1.73. The normalized spacial score (nSPS) is 17.8. The second kappa shape index (κ2) is 9.33. The Labute approximate surface area is 147 Å². The van der Waals surface area contributed by atoms with Crippen LogP contribution in [0.4, 0.5) is 0 Å². The van der Waals surface area contributed by atoms with Crippen molar-refractivity contribution in [3.05, 3.63) is 35.4 Å². The molecule has 1 aliphatic heterocycles. The van der Waals surface area contributed by atoms with Gasteiger partial charge in [0.1, 0.15) is 0 Å². The molecule has 1 aromatic rings. The van der Waals surface area contributed by atoms with Gasteiger partial charge >= 0.3 is 0 Å². The van der Waals surface area contributed by atoms with E-state index < -0.39 is 0 Å². The van der Waals surface area contributed by atoms with Gasteiger partial charge in [-0.05, 0) is 44.7 Å². The number of hydrogen-bond donors (Lipinski definition) is 0. The molecule has 24 heavy (non-hydrogen) atoms. The van der Waals surface area contributed by atoms with Gasteiger partial charge in [-0.15, -0.1) is 0 Å². The second-order valence-corrected chi connectivity index (χ2v) is 7.17. The summed E-state index contributed by atoms with van der Waals surface area (Å²) < 4.78 is 5.86. The number of ether oxygens (including phenoxy) is 1. The molecule has 0 aromatic heterocycles. The monoisotopic (exact) mass is 331 g/mol. The lowest BCUT2D eigenvalue weighted by Gasteiger charge is -2.41. The van der Waals surface area contributed by atoms with Gasteiger partial charge in [-0.1, -0.05) is 44.0 Å². The lowest BCUT2D eigenvalue weighted by Crippen LogP contribution is -2.45. The van der Waals surface area contributed by atoms with Gasteiger partial charge in [0.2, 0.25) is 0 Å². The largest absolute Gasteiger partial charge is 0.378 e. The second-order valence-electron chi connectivity index (χ2n) is 7.17. The minimum atomic E-state index is 0.101. The van der Waals surface area contributed by atoms with Crippen LogP contribution in [0.1, 0.15) is 67.8 Å². The average molecular weight is 332 g/mol. The third-order valence-corrected chi connectivity index (χ3v) is 5.51. The van der Waals surface area contributed by atoms with Crippen LogP contribution in [0, 0.1) is 6.92 Å². The number of methoxy groups -OCH3 is 1. The van der Waals surface area contributed by atoms with Gasteiger partial charge in [-0.3, -0.25) is 4.79 Å². The molecule has 0 unspecified atom stereocenters. The highest BCUT2D eigenvalue weighted by atomic mass is 16.5. The fourth-order valence-electron chi connectivity index (χ4n) is 3.72. The maximum absolute atomic E-state index is 12.3. The lowest BCUT2D eigenvalue weighted by atomic mass is 9.86. The van der Waals surface area contributed by atoms with Gasteiger partial charge in [0.25, 0.3) is 0 Å². The molecule has 1 heterocycles. The molecular formula is C21H33NO2. The number of carbonyl (C=O) groups is 1. The number of nitrogens with zero attached hydrogens (tertiary/aromatic N) is 1. The maximum Gasteiger partial charge on any atom is 0.163 e. The number of carbonyl (C=O) groups excluding carboxylic acids is 1. The smallest absolute Gasteiger partial charge is 0.163 e. The standard InChI is InChI=1S/C21H33NO2/c1-4-5-12-21(24-3)13-16-22(17-14-21)15-8-11-20(23)19-10-7-6-9-18(19)2/h6-7,9-10H,4-5,8,11-17H2,1-3H3. The quantitative estimate of drug-likeness (QED) is 0.618. The molecule has 0 N–H and O–H groups in total. The Kier molecular flexibility index (Phi) is 7.44. The zero-order chi connectivity index (χ0) is 17.4. The van der Waals surface area contributed by atoms with E-state index in [-0.39, 0.29) is 11.4 Å². The first-order valence-electron chi connectivity index (χ1n) is 9.46. The molecule has 1 aliphatic rings. The van der Waals surface area contributed by atoms with E-state index in [4.69, 9.17) is 4.74 Å². The van der Waals surface area contributed by atoms with Crippen LogP contribution >= 0.6 is 0 Å².